The number of urea groups is 1. The fraction of sp³-hybridized carbons (Fsp3) is 0.714. The van der Waals surface area contributed by atoms with Crippen LogP contribution >= 0.6 is 0 Å². The van der Waals surface area contributed by atoms with E-state index in [0.717, 1.165) is 6.42 Å². The number of imide groups is 1. The molecule has 1 atom stereocenters. The quantitative estimate of drug-likeness (QED) is 0.568. The van der Waals surface area contributed by atoms with Crippen LogP contribution in [0.3, 0.4) is 0 Å². The molecule has 1 saturated heterocycles. The number of carbonyl (C=O) groups excluding carboxylic acids is 2. The monoisotopic (exact) mass is 156 g/mol. The van der Waals surface area contributed by atoms with Gasteiger partial charge in [-0.1, -0.05) is 13.3 Å². The van der Waals surface area contributed by atoms with Gasteiger partial charge in [-0.15, -0.1) is 0 Å². The molecule has 2 N–H and O–H groups in total. The molecule has 0 saturated carbocycles. The number of rotatable bonds is 2. The minimum Gasteiger partial charge on any atom is -0.324 e. The Kier molecular flexibility index (Phi) is 1.85. The van der Waals surface area contributed by atoms with E-state index in [1.807, 2.05) is 6.92 Å². The first-order valence-corrected chi connectivity index (χ1v) is 3.72. The summed E-state index contributed by atoms with van der Waals surface area (Å²) in [7, 11) is 0. The molecule has 4 nitrogen and oxygen atoms in total. The first kappa shape index (κ1) is 8.04. The molecule has 0 aromatic carbocycles. The first-order valence-electron chi connectivity index (χ1n) is 3.72. The predicted molar refractivity (Wildman–Crippen MR) is 40.0 cm³/mol. The highest BCUT2D eigenvalue weighted by Gasteiger charge is 2.40. The molecule has 0 spiro atoms. The molecule has 0 radical (unpaired) electrons. The Morgan fingerprint density at radius 3 is 2.45 bits per heavy atom. The smallest absolute Gasteiger partial charge is 0.322 e. The highest BCUT2D eigenvalue weighted by molar-refractivity contribution is 6.06. The van der Waals surface area contributed by atoms with Crippen molar-refractivity contribution in [3.05, 3.63) is 0 Å². The predicted octanol–water partition coefficient (Wildman–Crippen LogP) is 0.385. The number of carbonyl (C=O) groups is 2. The van der Waals surface area contributed by atoms with Crippen LogP contribution in [0.5, 0.6) is 0 Å². The lowest BCUT2D eigenvalue weighted by atomic mass is 9.97. The van der Waals surface area contributed by atoms with Gasteiger partial charge in [-0.3, -0.25) is 10.1 Å². The van der Waals surface area contributed by atoms with Crippen molar-refractivity contribution in [2.45, 2.75) is 32.2 Å². The molecule has 1 rings (SSSR count). The largest absolute Gasteiger partial charge is 0.324 e. The summed E-state index contributed by atoms with van der Waals surface area (Å²) in [6, 6.07) is -0.383. The average molecular weight is 156 g/mol. The minimum atomic E-state index is -0.675. The van der Waals surface area contributed by atoms with Crippen LogP contribution in [0.1, 0.15) is 26.7 Å². The van der Waals surface area contributed by atoms with E-state index >= 15 is 0 Å². The van der Waals surface area contributed by atoms with Gasteiger partial charge in [-0.2, -0.15) is 0 Å². The molecule has 0 aromatic heterocycles. The van der Waals surface area contributed by atoms with Crippen LogP contribution in [0.25, 0.3) is 0 Å². The Labute approximate surface area is 65.3 Å². The minimum absolute atomic E-state index is 0.218. The Morgan fingerprint density at radius 1 is 1.45 bits per heavy atom. The number of hydrogen-bond acceptors (Lipinski definition) is 2. The Hall–Kier alpha value is -1.06. The zero-order valence-electron chi connectivity index (χ0n) is 6.73. The third-order valence-corrected chi connectivity index (χ3v) is 1.87. The van der Waals surface area contributed by atoms with Gasteiger partial charge in [-0.05, 0) is 13.3 Å². The van der Waals surface area contributed by atoms with Crippen molar-refractivity contribution in [1.82, 2.24) is 10.6 Å². The maximum Gasteiger partial charge on any atom is 0.322 e. The van der Waals surface area contributed by atoms with E-state index in [0.29, 0.717) is 6.42 Å². The number of hydrogen-bond donors (Lipinski definition) is 2. The van der Waals surface area contributed by atoms with E-state index in [-0.39, 0.29) is 11.9 Å². The van der Waals surface area contributed by atoms with Crippen LogP contribution < -0.4 is 10.6 Å². The molecule has 0 bridgehead atoms. The van der Waals surface area contributed by atoms with Crippen molar-refractivity contribution in [1.29, 1.82) is 0 Å². The summed E-state index contributed by atoms with van der Waals surface area (Å²) in [5, 5.41) is 4.78. The van der Waals surface area contributed by atoms with E-state index in [4.69, 9.17) is 0 Å². The van der Waals surface area contributed by atoms with Crippen molar-refractivity contribution in [3.8, 4) is 0 Å². The molecular weight excluding hydrogens is 144 g/mol. The van der Waals surface area contributed by atoms with Gasteiger partial charge >= 0.3 is 6.03 Å². The van der Waals surface area contributed by atoms with Gasteiger partial charge in [0.2, 0.25) is 0 Å². The molecule has 1 aliphatic heterocycles. The van der Waals surface area contributed by atoms with Gasteiger partial charge in [0.15, 0.2) is 0 Å². The van der Waals surface area contributed by atoms with E-state index in [1.165, 1.54) is 0 Å². The van der Waals surface area contributed by atoms with Crippen LogP contribution in [-0.4, -0.2) is 17.5 Å². The summed E-state index contributed by atoms with van der Waals surface area (Å²) < 4.78 is 0. The zero-order chi connectivity index (χ0) is 8.48. The molecule has 1 aliphatic rings. The third-order valence-electron chi connectivity index (χ3n) is 1.87. The van der Waals surface area contributed by atoms with E-state index in [2.05, 4.69) is 10.6 Å². The lowest BCUT2D eigenvalue weighted by molar-refractivity contribution is -0.123. The van der Waals surface area contributed by atoms with Gasteiger partial charge in [0.1, 0.15) is 5.54 Å². The summed E-state index contributed by atoms with van der Waals surface area (Å²) in [4.78, 5) is 21.8. The van der Waals surface area contributed by atoms with E-state index in [1.54, 1.807) is 6.92 Å². The molecule has 1 fully saturated rings. The molecule has 11 heavy (non-hydrogen) atoms. The van der Waals surface area contributed by atoms with Crippen molar-refractivity contribution < 1.29 is 9.59 Å². The summed E-state index contributed by atoms with van der Waals surface area (Å²) >= 11 is 0. The summed E-state index contributed by atoms with van der Waals surface area (Å²) in [5.74, 6) is -0.218. The standard InChI is InChI=1S/C7H12N2O2/c1-3-4-7(2)5(10)8-6(11)9-7/h3-4H2,1-2H3,(H2,8,9,10,11)/t7-/m0/s1. The van der Waals surface area contributed by atoms with Crippen LogP contribution in [0, 0.1) is 0 Å². The van der Waals surface area contributed by atoms with E-state index < -0.39 is 5.54 Å². The Balaban J connectivity index is 2.70. The average Bonchev–Trinajstić information content (AvgIpc) is 2.08. The molecule has 0 unspecified atom stereocenters. The zero-order valence-corrected chi connectivity index (χ0v) is 6.73. The van der Waals surface area contributed by atoms with Crippen LogP contribution in [-0.2, 0) is 4.79 Å². The maximum absolute atomic E-state index is 11.1. The molecule has 1 heterocycles. The van der Waals surface area contributed by atoms with Crippen LogP contribution in [0.4, 0.5) is 4.79 Å². The topological polar surface area (TPSA) is 58.2 Å². The Morgan fingerprint density at radius 2 is 2.09 bits per heavy atom. The summed E-state index contributed by atoms with van der Waals surface area (Å²) in [6.45, 7) is 3.71. The van der Waals surface area contributed by atoms with Gasteiger partial charge in [0, 0.05) is 0 Å². The lowest BCUT2D eigenvalue weighted by Crippen LogP contribution is -2.43. The fourth-order valence-corrected chi connectivity index (χ4v) is 1.26. The molecule has 62 valence electrons. The third kappa shape index (κ3) is 1.34. The fourth-order valence-electron chi connectivity index (χ4n) is 1.26. The Bertz CT molecular complexity index is 203. The SMILES string of the molecule is CCC[C@]1(C)NC(=O)NC1=O. The maximum atomic E-state index is 11.1. The van der Waals surface area contributed by atoms with Gasteiger partial charge < -0.3 is 5.32 Å². The highest BCUT2D eigenvalue weighted by atomic mass is 16.2. The van der Waals surface area contributed by atoms with E-state index in [9.17, 15) is 9.59 Å². The van der Waals surface area contributed by atoms with Crippen molar-refractivity contribution >= 4 is 11.9 Å². The summed E-state index contributed by atoms with van der Waals surface area (Å²) in [5.41, 5.74) is -0.675. The van der Waals surface area contributed by atoms with Crippen molar-refractivity contribution in [2.24, 2.45) is 0 Å². The highest BCUT2D eigenvalue weighted by Crippen LogP contribution is 2.15. The second-order valence-electron chi connectivity index (χ2n) is 2.99. The van der Waals surface area contributed by atoms with Crippen molar-refractivity contribution in [2.75, 3.05) is 0 Å². The molecule has 4 heteroatoms. The van der Waals surface area contributed by atoms with Crippen LogP contribution in [0.15, 0.2) is 0 Å². The number of nitrogens with one attached hydrogen (secondary N) is 2. The summed E-state index contributed by atoms with van der Waals surface area (Å²) in [6.07, 6.45) is 1.56. The van der Waals surface area contributed by atoms with Gasteiger partial charge in [-0.25, -0.2) is 4.79 Å². The lowest BCUT2D eigenvalue weighted by Gasteiger charge is -2.18. The number of amides is 3. The van der Waals surface area contributed by atoms with Crippen molar-refractivity contribution in [3.63, 3.8) is 0 Å². The second-order valence-corrected chi connectivity index (χ2v) is 2.99. The van der Waals surface area contributed by atoms with Crippen LogP contribution in [0.2, 0.25) is 0 Å². The molecular formula is C7H12N2O2. The molecule has 0 aliphatic carbocycles. The second kappa shape index (κ2) is 2.53. The molecule has 3 amide bonds. The normalized spacial score (nSPS) is 30.0. The van der Waals surface area contributed by atoms with Gasteiger partial charge in [0.25, 0.3) is 5.91 Å². The molecule has 0 aromatic rings. The first-order chi connectivity index (χ1) is 5.08. The van der Waals surface area contributed by atoms with Gasteiger partial charge in [0.05, 0.1) is 0 Å².